The Morgan fingerprint density at radius 2 is 2.18 bits per heavy atom. The van der Waals surface area contributed by atoms with Crippen molar-refractivity contribution in [2.24, 2.45) is 5.73 Å². The summed E-state index contributed by atoms with van der Waals surface area (Å²) in [6.07, 6.45) is 3.48. The lowest BCUT2D eigenvalue weighted by Gasteiger charge is -2.18. The molecule has 4 N–H and O–H groups in total. The van der Waals surface area contributed by atoms with Gasteiger partial charge in [-0.3, -0.25) is 14.3 Å². The first-order valence-electron chi connectivity index (χ1n) is 5.35. The third-order valence-electron chi connectivity index (χ3n) is 3.09. The van der Waals surface area contributed by atoms with Crippen molar-refractivity contribution in [2.45, 2.75) is 31.3 Å². The molecule has 1 aliphatic rings. The van der Waals surface area contributed by atoms with Crippen molar-refractivity contribution >= 4 is 5.97 Å². The van der Waals surface area contributed by atoms with Gasteiger partial charge in [0.25, 0.3) is 5.56 Å². The van der Waals surface area contributed by atoms with E-state index in [1.807, 2.05) is 4.98 Å². The summed E-state index contributed by atoms with van der Waals surface area (Å²) < 4.78 is 1.22. The van der Waals surface area contributed by atoms with Gasteiger partial charge in [0, 0.05) is 12.2 Å². The topological polar surface area (TPSA) is 118 Å². The molecule has 1 fully saturated rings. The minimum Gasteiger partial charge on any atom is -0.477 e. The number of aromatic nitrogens is 2. The third kappa shape index (κ3) is 2.01. The quantitative estimate of drug-likeness (QED) is 0.629. The summed E-state index contributed by atoms with van der Waals surface area (Å²) >= 11 is 0. The summed E-state index contributed by atoms with van der Waals surface area (Å²) in [5, 5.41) is 8.82. The molecule has 0 aliphatic heterocycles. The number of aromatic amines is 1. The normalized spacial score (nSPS) is 23.8. The van der Waals surface area contributed by atoms with Crippen LogP contribution in [0.3, 0.4) is 0 Å². The fourth-order valence-corrected chi connectivity index (χ4v) is 2.20. The molecule has 7 nitrogen and oxygen atoms in total. The summed E-state index contributed by atoms with van der Waals surface area (Å²) in [5.41, 5.74) is 3.91. The first kappa shape index (κ1) is 11.6. The van der Waals surface area contributed by atoms with E-state index in [0.29, 0.717) is 6.42 Å². The van der Waals surface area contributed by atoms with Crippen LogP contribution in [0.1, 0.15) is 35.7 Å². The maximum Gasteiger partial charge on any atom is 0.342 e. The SMILES string of the molecule is N[C@@H]1CCC[C@@H]1n1cc(C(=O)O)c(=O)[nH]c1=O. The van der Waals surface area contributed by atoms with Gasteiger partial charge in [-0.15, -0.1) is 0 Å². The Morgan fingerprint density at radius 3 is 2.71 bits per heavy atom. The molecule has 17 heavy (non-hydrogen) atoms. The number of nitrogens with zero attached hydrogens (tertiary/aromatic N) is 1. The Hall–Kier alpha value is -1.89. The average Bonchev–Trinajstić information content (AvgIpc) is 2.64. The zero-order valence-electron chi connectivity index (χ0n) is 9.05. The highest BCUT2D eigenvalue weighted by Gasteiger charge is 2.27. The minimum absolute atomic E-state index is 0.180. The van der Waals surface area contributed by atoms with Crippen LogP contribution in [-0.4, -0.2) is 26.7 Å². The highest BCUT2D eigenvalue weighted by atomic mass is 16.4. The van der Waals surface area contributed by atoms with Crippen molar-refractivity contribution in [3.63, 3.8) is 0 Å². The molecule has 2 rings (SSSR count). The van der Waals surface area contributed by atoms with Gasteiger partial charge in [0.15, 0.2) is 0 Å². The van der Waals surface area contributed by atoms with Crippen molar-refractivity contribution in [3.8, 4) is 0 Å². The zero-order valence-corrected chi connectivity index (χ0v) is 9.05. The number of H-pyrrole nitrogens is 1. The van der Waals surface area contributed by atoms with E-state index >= 15 is 0 Å². The van der Waals surface area contributed by atoms with E-state index in [0.717, 1.165) is 19.0 Å². The number of nitrogens with one attached hydrogen (secondary N) is 1. The molecule has 1 aliphatic carbocycles. The Morgan fingerprint density at radius 1 is 1.47 bits per heavy atom. The fraction of sp³-hybridized carbons (Fsp3) is 0.500. The first-order chi connectivity index (χ1) is 8.00. The van der Waals surface area contributed by atoms with Gasteiger partial charge in [0.05, 0.1) is 6.04 Å². The van der Waals surface area contributed by atoms with Crippen LogP contribution >= 0.6 is 0 Å². The van der Waals surface area contributed by atoms with Gasteiger partial charge in [0.1, 0.15) is 5.56 Å². The molecule has 1 aromatic heterocycles. The van der Waals surface area contributed by atoms with Crippen molar-refractivity contribution < 1.29 is 9.90 Å². The van der Waals surface area contributed by atoms with E-state index in [-0.39, 0.29) is 12.1 Å². The largest absolute Gasteiger partial charge is 0.477 e. The van der Waals surface area contributed by atoms with Gasteiger partial charge < -0.3 is 10.8 Å². The van der Waals surface area contributed by atoms with E-state index in [4.69, 9.17) is 10.8 Å². The molecule has 92 valence electrons. The van der Waals surface area contributed by atoms with Crippen LogP contribution < -0.4 is 17.0 Å². The van der Waals surface area contributed by atoms with Gasteiger partial charge in [-0.1, -0.05) is 0 Å². The van der Waals surface area contributed by atoms with Crippen LogP contribution in [-0.2, 0) is 0 Å². The van der Waals surface area contributed by atoms with Gasteiger partial charge >= 0.3 is 11.7 Å². The Labute approximate surface area is 95.9 Å². The lowest BCUT2D eigenvalue weighted by Crippen LogP contribution is -2.39. The molecule has 0 saturated heterocycles. The van der Waals surface area contributed by atoms with E-state index < -0.39 is 22.8 Å². The molecule has 7 heteroatoms. The number of aromatic carboxylic acids is 1. The maximum absolute atomic E-state index is 11.6. The summed E-state index contributed by atoms with van der Waals surface area (Å²) in [6.45, 7) is 0. The number of carboxylic acids is 1. The van der Waals surface area contributed by atoms with Crippen molar-refractivity contribution in [1.29, 1.82) is 0 Å². The second kappa shape index (κ2) is 4.17. The van der Waals surface area contributed by atoms with Crippen molar-refractivity contribution in [1.82, 2.24) is 9.55 Å². The van der Waals surface area contributed by atoms with E-state index in [1.54, 1.807) is 0 Å². The lowest BCUT2D eigenvalue weighted by molar-refractivity contribution is 0.0693. The second-order valence-electron chi connectivity index (χ2n) is 4.18. The van der Waals surface area contributed by atoms with Crippen molar-refractivity contribution in [3.05, 3.63) is 32.6 Å². The predicted octanol–water partition coefficient (Wildman–Crippen LogP) is -0.713. The summed E-state index contributed by atoms with van der Waals surface area (Å²) in [4.78, 5) is 35.7. The lowest BCUT2D eigenvalue weighted by atomic mass is 10.2. The summed E-state index contributed by atoms with van der Waals surface area (Å²) in [7, 11) is 0. The average molecular weight is 239 g/mol. The Kier molecular flexibility index (Phi) is 2.84. The second-order valence-corrected chi connectivity index (χ2v) is 4.18. The molecule has 0 radical (unpaired) electrons. The van der Waals surface area contributed by atoms with Crippen LogP contribution in [0.2, 0.25) is 0 Å². The molecule has 0 spiro atoms. The van der Waals surface area contributed by atoms with Crippen LogP contribution in [0.5, 0.6) is 0 Å². The van der Waals surface area contributed by atoms with Crippen LogP contribution in [0.25, 0.3) is 0 Å². The highest BCUT2D eigenvalue weighted by molar-refractivity contribution is 5.86. The number of carbonyl (C=O) groups is 1. The number of rotatable bonds is 2. The molecule has 1 aromatic rings. The number of hydrogen-bond acceptors (Lipinski definition) is 4. The first-order valence-corrected chi connectivity index (χ1v) is 5.35. The van der Waals surface area contributed by atoms with Crippen LogP contribution in [0, 0.1) is 0 Å². The standard InChI is InChI=1S/C10H13N3O4/c11-6-2-1-3-7(6)13-4-5(9(15)16)8(14)12-10(13)17/h4,6-7H,1-3,11H2,(H,15,16)(H,12,14,17)/t6-,7+/m1/s1. The monoisotopic (exact) mass is 239 g/mol. The number of nitrogens with two attached hydrogens (primary N) is 1. The molecule has 0 amide bonds. The van der Waals surface area contributed by atoms with E-state index in [9.17, 15) is 14.4 Å². The van der Waals surface area contributed by atoms with Crippen LogP contribution in [0.15, 0.2) is 15.8 Å². The van der Waals surface area contributed by atoms with Gasteiger partial charge in [-0.05, 0) is 19.3 Å². The maximum atomic E-state index is 11.6. The van der Waals surface area contributed by atoms with Crippen LogP contribution in [0.4, 0.5) is 0 Å². The molecule has 1 heterocycles. The third-order valence-corrected chi connectivity index (χ3v) is 3.09. The van der Waals surface area contributed by atoms with Gasteiger partial charge in [-0.2, -0.15) is 0 Å². The molecule has 1 saturated carbocycles. The van der Waals surface area contributed by atoms with Crippen molar-refractivity contribution in [2.75, 3.05) is 0 Å². The number of hydrogen-bond donors (Lipinski definition) is 3. The molecule has 0 bridgehead atoms. The predicted molar refractivity (Wildman–Crippen MR) is 59.1 cm³/mol. The fourth-order valence-electron chi connectivity index (χ4n) is 2.20. The summed E-state index contributed by atoms with van der Waals surface area (Å²) in [5.74, 6) is -1.36. The number of carboxylic acid groups (broad SMARTS) is 1. The molecule has 2 atom stereocenters. The van der Waals surface area contributed by atoms with Gasteiger partial charge in [0.2, 0.25) is 0 Å². The smallest absolute Gasteiger partial charge is 0.342 e. The van der Waals surface area contributed by atoms with E-state index in [2.05, 4.69) is 0 Å². The molecule has 0 unspecified atom stereocenters. The zero-order chi connectivity index (χ0) is 12.6. The van der Waals surface area contributed by atoms with Gasteiger partial charge in [-0.25, -0.2) is 9.59 Å². The minimum atomic E-state index is -1.36. The molecule has 0 aromatic carbocycles. The Bertz CT molecular complexity index is 559. The molecular weight excluding hydrogens is 226 g/mol. The summed E-state index contributed by atoms with van der Waals surface area (Å²) in [6, 6.07) is -0.419. The highest BCUT2D eigenvalue weighted by Crippen LogP contribution is 2.27. The van der Waals surface area contributed by atoms with E-state index in [1.165, 1.54) is 4.57 Å². The Balaban J connectivity index is 2.54. The molecular formula is C10H13N3O4.